The predicted molar refractivity (Wildman–Crippen MR) is 78.3 cm³/mol. The zero-order valence-electron chi connectivity index (χ0n) is 12.2. The Morgan fingerprint density at radius 3 is 2.45 bits per heavy atom. The van der Waals surface area contributed by atoms with Crippen LogP contribution in [0.25, 0.3) is 0 Å². The lowest BCUT2D eigenvalue weighted by Crippen LogP contribution is -2.14. The number of aryl methyl sites for hydroxylation is 2. The summed E-state index contributed by atoms with van der Waals surface area (Å²) in [5.41, 5.74) is 4.12. The summed E-state index contributed by atoms with van der Waals surface area (Å²) < 4.78 is 13.2. The molecule has 0 saturated carbocycles. The normalized spacial score (nSPS) is 10.8. The van der Waals surface area contributed by atoms with Gasteiger partial charge in [0.1, 0.15) is 11.6 Å². The van der Waals surface area contributed by atoms with E-state index in [1.54, 1.807) is 6.07 Å². The summed E-state index contributed by atoms with van der Waals surface area (Å²) in [6.45, 7) is 4.93. The van der Waals surface area contributed by atoms with E-state index in [9.17, 15) is 4.39 Å². The highest BCUT2D eigenvalue weighted by atomic mass is 19.1. The van der Waals surface area contributed by atoms with Gasteiger partial charge in [0.05, 0.1) is 0 Å². The molecule has 106 valence electrons. The molecule has 2 aromatic rings. The first-order chi connectivity index (χ1) is 9.60. The molecular formula is C16H20FN3. The van der Waals surface area contributed by atoms with Crippen molar-refractivity contribution >= 4 is 0 Å². The minimum Gasteiger partial charge on any atom is -0.319 e. The lowest BCUT2D eigenvalue weighted by atomic mass is 10.1. The molecule has 0 unspecified atom stereocenters. The number of hydrogen-bond acceptors (Lipinski definition) is 3. The molecule has 1 N–H and O–H groups in total. The molecule has 3 nitrogen and oxygen atoms in total. The second-order valence-corrected chi connectivity index (χ2v) is 4.95. The predicted octanol–water partition coefficient (Wildman–Crippen LogP) is 2.59. The maximum Gasteiger partial charge on any atom is 0.133 e. The maximum absolute atomic E-state index is 13.2. The molecule has 1 aromatic heterocycles. The molecule has 0 atom stereocenters. The summed E-state index contributed by atoms with van der Waals surface area (Å²) in [4.78, 5) is 9.10. The molecule has 0 aliphatic rings. The van der Waals surface area contributed by atoms with Gasteiger partial charge in [0.2, 0.25) is 0 Å². The van der Waals surface area contributed by atoms with Crippen molar-refractivity contribution < 1.29 is 4.39 Å². The molecule has 1 heterocycles. The molecule has 0 bridgehead atoms. The van der Waals surface area contributed by atoms with Crippen LogP contribution in [0.2, 0.25) is 0 Å². The van der Waals surface area contributed by atoms with Crippen LogP contribution in [0.3, 0.4) is 0 Å². The standard InChI is InChI=1S/C16H20FN3/c1-11-15(7-8-18-3)12(2)20-16(19-11)10-13-5-4-6-14(17)9-13/h4-6,9,18H,7-8,10H2,1-3H3. The highest BCUT2D eigenvalue weighted by molar-refractivity contribution is 5.27. The van der Waals surface area contributed by atoms with Crippen molar-refractivity contribution in [2.24, 2.45) is 0 Å². The van der Waals surface area contributed by atoms with Gasteiger partial charge in [-0.2, -0.15) is 0 Å². The van der Waals surface area contributed by atoms with Gasteiger partial charge in [0.25, 0.3) is 0 Å². The van der Waals surface area contributed by atoms with Crippen molar-refractivity contribution in [1.29, 1.82) is 0 Å². The number of benzene rings is 1. The van der Waals surface area contributed by atoms with Gasteiger partial charge in [-0.25, -0.2) is 14.4 Å². The topological polar surface area (TPSA) is 37.8 Å². The molecule has 0 saturated heterocycles. The molecule has 0 aliphatic carbocycles. The zero-order chi connectivity index (χ0) is 14.5. The van der Waals surface area contributed by atoms with Crippen molar-refractivity contribution in [2.75, 3.05) is 13.6 Å². The quantitative estimate of drug-likeness (QED) is 0.910. The largest absolute Gasteiger partial charge is 0.319 e. The van der Waals surface area contributed by atoms with Crippen LogP contribution in [0.4, 0.5) is 4.39 Å². The summed E-state index contributed by atoms with van der Waals surface area (Å²) in [5, 5.41) is 3.13. The molecule has 1 aromatic carbocycles. The second kappa shape index (κ2) is 6.57. The van der Waals surface area contributed by atoms with Crippen molar-refractivity contribution in [1.82, 2.24) is 15.3 Å². The molecule has 0 fully saturated rings. The van der Waals surface area contributed by atoms with Crippen LogP contribution in [0.5, 0.6) is 0 Å². The number of rotatable bonds is 5. The number of nitrogens with zero attached hydrogens (tertiary/aromatic N) is 2. The third kappa shape index (κ3) is 3.61. The molecule has 0 aliphatic heterocycles. The van der Waals surface area contributed by atoms with Crippen molar-refractivity contribution in [3.05, 3.63) is 58.4 Å². The van der Waals surface area contributed by atoms with Crippen molar-refractivity contribution in [2.45, 2.75) is 26.7 Å². The molecular weight excluding hydrogens is 253 g/mol. The number of aromatic nitrogens is 2. The Balaban J connectivity index is 2.21. The van der Waals surface area contributed by atoms with E-state index < -0.39 is 0 Å². The molecule has 0 spiro atoms. The van der Waals surface area contributed by atoms with E-state index in [0.29, 0.717) is 6.42 Å². The van der Waals surface area contributed by atoms with Crippen molar-refractivity contribution in [3.63, 3.8) is 0 Å². The van der Waals surface area contributed by atoms with Crippen LogP contribution >= 0.6 is 0 Å². The van der Waals surface area contributed by atoms with Crippen molar-refractivity contribution in [3.8, 4) is 0 Å². The van der Waals surface area contributed by atoms with Gasteiger partial charge in [-0.05, 0) is 57.1 Å². The maximum atomic E-state index is 13.2. The van der Waals surface area contributed by atoms with Crippen LogP contribution < -0.4 is 5.32 Å². The van der Waals surface area contributed by atoms with Gasteiger partial charge < -0.3 is 5.32 Å². The minimum atomic E-state index is -0.221. The lowest BCUT2D eigenvalue weighted by Gasteiger charge is -2.11. The fourth-order valence-electron chi connectivity index (χ4n) is 2.33. The van der Waals surface area contributed by atoms with E-state index >= 15 is 0 Å². The zero-order valence-corrected chi connectivity index (χ0v) is 12.2. The SMILES string of the molecule is CNCCc1c(C)nc(Cc2cccc(F)c2)nc1C. The highest BCUT2D eigenvalue weighted by Gasteiger charge is 2.09. The third-order valence-electron chi connectivity index (χ3n) is 3.34. The van der Waals surface area contributed by atoms with Gasteiger partial charge in [-0.1, -0.05) is 12.1 Å². The van der Waals surface area contributed by atoms with Crippen LogP contribution in [-0.4, -0.2) is 23.6 Å². The fourth-order valence-corrected chi connectivity index (χ4v) is 2.33. The smallest absolute Gasteiger partial charge is 0.133 e. The number of likely N-dealkylation sites (N-methyl/N-ethyl adjacent to an activating group) is 1. The van der Waals surface area contributed by atoms with Crippen LogP contribution in [0.15, 0.2) is 24.3 Å². The Hall–Kier alpha value is -1.81. The lowest BCUT2D eigenvalue weighted by molar-refractivity contribution is 0.625. The Morgan fingerprint density at radius 1 is 1.15 bits per heavy atom. The summed E-state index contributed by atoms with van der Waals surface area (Å²) in [6, 6.07) is 6.59. The van der Waals surface area contributed by atoms with Crippen LogP contribution in [0, 0.1) is 19.7 Å². The Morgan fingerprint density at radius 2 is 1.85 bits per heavy atom. The average Bonchev–Trinajstić information content (AvgIpc) is 2.38. The first-order valence-electron chi connectivity index (χ1n) is 6.82. The first-order valence-corrected chi connectivity index (χ1v) is 6.82. The molecule has 2 rings (SSSR count). The Bertz CT molecular complexity index is 573. The highest BCUT2D eigenvalue weighted by Crippen LogP contribution is 2.14. The molecule has 0 amide bonds. The van der Waals surface area contributed by atoms with Gasteiger partial charge in [-0.15, -0.1) is 0 Å². The van der Waals surface area contributed by atoms with Gasteiger partial charge in [0, 0.05) is 17.8 Å². The number of halogens is 1. The van der Waals surface area contributed by atoms with Gasteiger partial charge in [-0.3, -0.25) is 0 Å². The third-order valence-corrected chi connectivity index (χ3v) is 3.34. The second-order valence-electron chi connectivity index (χ2n) is 4.95. The van der Waals surface area contributed by atoms with E-state index in [4.69, 9.17) is 0 Å². The number of nitrogens with one attached hydrogen (secondary N) is 1. The summed E-state index contributed by atoms with van der Waals surface area (Å²) >= 11 is 0. The van der Waals surface area contributed by atoms with E-state index in [1.165, 1.54) is 17.7 Å². The van der Waals surface area contributed by atoms with Crippen LogP contribution in [0.1, 0.15) is 28.3 Å². The summed E-state index contributed by atoms with van der Waals surface area (Å²) in [5.74, 6) is 0.528. The fraction of sp³-hybridized carbons (Fsp3) is 0.375. The van der Waals surface area contributed by atoms with E-state index in [-0.39, 0.29) is 5.82 Å². The summed E-state index contributed by atoms with van der Waals surface area (Å²) in [7, 11) is 1.93. The van der Waals surface area contributed by atoms with Gasteiger partial charge >= 0.3 is 0 Å². The van der Waals surface area contributed by atoms with E-state index in [2.05, 4.69) is 15.3 Å². The minimum absolute atomic E-state index is 0.221. The van der Waals surface area contributed by atoms with E-state index in [1.807, 2.05) is 27.0 Å². The number of hydrogen-bond donors (Lipinski definition) is 1. The monoisotopic (exact) mass is 273 g/mol. The first kappa shape index (κ1) is 14.6. The molecule has 0 radical (unpaired) electrons. The Kier molecular flexibility index (Phi) is 4.79. The van der Waals surface area contributed by atoms with Crippen LogP contribution in [-0.2, 0) is 12.8 Å². The van der Waals surface area contributed by atoms with Gasteiger partial charge in [0.15, 0.2) is 0 Å². The van der Waals surface area contributed by atoms with E-state index in [0.717, 1.165) is 35.7 Å². The average molecular weight is 273 g/mol. The Labute approximate surface area is 119 Å². The molecule has 4 heteroatoms. The molecule has 20 heavy (non-hydrogen) atoms. The summed E-state index contributed by atoms with van der Waals surface area (Å²) in [6.07, 6.45) is 1.49.